The fourth-order valence-electron chi connectivity index (χ4n) is 4.53. The maximum absolute atomic E-state index is 5.54. The summed E-state index contributed by atoms with van der Waals surface area (Å²) in [4.78, 5) is 7.57. The van der Waals surface area contributed by atoms with E-state index in [-0.39, 0.29) is 16.5 Å². The van der Waals surface area contributed by atoms with Crippen LogP contribution in [0.4, 0.5) is 11.4 Å². The largest absolute Gasteiger partial charge is 0.372 e. The predicted octanol–water partition coefficient (Wildman–Crippen LogP) is 9.34. The van der Waals surface area contributed by atoms with Crippen LogP contribution in [-0.2, 0) is 16.5 Å². The molecule has 43 heavy (non-hydrogen) atoms. The monoisotopic (exact) mass is 684 g/mol. The van der Waals surface area contributed by atoms with Gasteiger partial charge >= 0.3 is 0 Å². The molecule has 4 rings (SSSR count). The molecule has 226 valence electrons. The van der Waals surface area contributed by atoms with Crippen LogP contribution in [0.3, 0.4) is 0 Å². The van der Waals surface area contributed by atoms with Crippen molar-refractivity contribution in [2.24, 2.45) is 0 Å². The minimum absolute atomic E-state index is 0. The van der Waals surface area contributed by atoms with E-state index in [0.29, 0.717) is 0 Å². The van der Waals surface area contributed by atoms with Crippen LogP contribution in [0.1, 0.15) is 49.9 Å². The van der Waals surface area contributed by atoms with Gasteiger partial charge in [0.2, 0.25) is 0 Å². The summed E-state index contributed by atoms with van der Waals surface area (Å²) in [5.41, 5.74) is 6.47. The first kappa shape index (κ1) is 36.5. The molecule has 0 atom stereocenters. The van der Waals surface area contributed by atoms with Crippen LogP contribution in [0, 0.1) is 0 Å². The number of thiocarbonyl (C=S) groups is 4. The second-order valence-electron chi connectivity index (χ2n) is 9.49. The zero-order chi connectivity index (χ0) is 30.5. The Morgan fingerprint density at radius 1 is 0.395 bits per heavy atom. The van der Waals surface area contributed by atoms with Crippen molar-refractivity contribution < 1.29 is 16.5 Å². The Morgan fingerprint density at radius 2 is 0.628 bits per heavy atom. The summed E-state index contributed by atoms with van der Waals surface area (Å²) in [5.74, 6) is 0. The van der Waals surface area contributed by atoms with Crippen molar-refractivity contribution >= 4 is 79.7 Å². The molecule has 0 aliphatic rings. The van der Waals surface area contributed by atoms with E-state index >= 15 is 0 Å². The molecule has 0 unspecified atom stereocenters. The Labute approximate surface area is 289 Å². The molecule has 4 aromatic rings. The first-order chi connectivity index (χ1) is 20.3. The SMILES string of the molecule is CCN(CC)c1ccc(C(=S)C(=S)c2ccccc2)cc1.CCN(CC)c1ccc(C(=S)C(=S)c2ccccc2)cc1.[Ni]. The van der Waals surface area contributed by atoms with Crippen LogP contribution in [0.5, 0.6) is 0 Å². The van der Waals surface area contributed by atoms with Gasteiger partial charge in [-0.3, -0.25) is 0 Å². The standard InChI is InChI=1S/2C18H19NS2.Ni/c2*1-3-19(4-2)16-12-10-15(11-13-16)18(21)17(20)14-8-6-5-7-9-14;/h2*5-13H,3-4H2,1-2H3;. The van der Waals surface area contributed by atoms with Crippen LogP contribution in [0.2, 0.25) is 0 Å². The van der Waals surface area contributed by atoms with Crippen LogP contribution in [0.25, 0.3) is 0 Å². The third-order valence-corrected chi connectivity index (χ3v) is 9.02. The van der Waals surface area contributed by atoms with E-state index in [9.17, 15) is 0 Å². The first-order valence-electron chi connectivity index (χ1n) is 14.3. The number of rotatable bonds is 12. The third kappa shape index (κ3) is 10.2. The Hall–Kier alpha value is -2.67. The topological polar surface area (TPSA) is 6.48 Å². The van der Waals surface area contributed by atoms with Crippen molar-refractivity contribution in [2.45, 2.75) is 27.7 Å². The van der Waals surface area contributed by atoms with Gasteiger partial charge in [-0.2, -0.15) is 0 Å². The first-order valence-corrected chi connectivity index (χ1v) is 16.0. The molecule has 0 saturated heterocycles. The number of nitrogens with zero attached hydrogens (tertiary/aromatic N) is 2. The van der Waals surface area contributed by atoms with Gasteiger partial charge in [-0.1, -0.05) is 134 Å². The van der Waals surface area contributed by atoms with Crippen LogP contribution in [0.15, 0.2) is 109 Å². The summed E-state index contributed by atoms with van der Waals surface area (Å²) in [7, 11) is 0. The van der Waals surface area contributed by atoms with E-state index in [2.05, 4.69) is 86.0 Å². The number of anilines is 2. The molecule has 2 nitrogen and oxygen atoms in total. The predicted molar refractivity (Wildman–Crippen MR) is 200 cm³/mol. The third-order valence-electron chi connectivity index (χ3n) is 7.00. The minimum Gasteiger partial charge on any atom is -0.372 e. The van der Waals surface area contributed by atoms with Crippen LogP contribution in [-0.4, -0.2) is 45.6 Å². The second kappa shape index (κ2) is 18.9. The molecule has 0 heterocycles. The maximum atomic E-state index is 5.54. The minimum atomic E-state index is 0. The molecule has 4 aromatic carbocycles. The molecule has 0 fully saturated rings. The molecule has 0 aliphatic heterocycles. The second-order valence-corrected chi connectivity index (χ2v) is 11.1. The van der Waals surface area contributed by atoms with Gasteiger partial charge in [-0.05, 0) is 74.2 Å². The zero-order valence-electron chi connectivity index (χ0n) is 25.1. The van der Waals surface area contributed by atoms with Gasteiger partial charge in [0, 0.05) is 54.0 Å². The van der Waals surface area contributed by atoms with E-state index in [0.717, 1.165) is 67.9 Å². The quantitative estimate of drug-likeness (QED) is 0.0828. The fraction of sp³-hybridized carbons (Fsp3) is 0.222. The molecule has 0 bridgehead atoms. The van der Waals surface area contributed by atoms with E-state index in [1.165, 1.54) is 11.4 Å². The van der Waals surface area contributed by atoms with Crippen molar-refractivity contribution in [3.05, 3.63) is 131 Å². The Balaban J connectivity index is 0.000000293. The summed E-state index contributed by atoms with van der Waals surface area (Å²) in [6.07, 6.45) is 0. The average molecular weight is 686 g/mol. The number of benzene rings is 4. The molecule has 0 radical (unpaired) electrons. The van der Waals surface area contributed by atoms with Crippen LogP contribution >= 0.6 is 48.9 Å². The van der Waals surface area contributed by atoms with E-state index in [4.69, 9.17) is 48.9 Å². The van der Waals surface area contributed by atoms with Gasteiger partial charge in [-0.15, -0.1) is 0 Å². The van der Waals surface area contributed by atoms with Crippen molar-refractivity contribution in [2.75, 3.05) is 36.0 Å². The van der Waals surface area contributed by atoms with E-state index < -0.39 is 0 Å². The van der Waals surface area contributed by atoms with Gasteiger partial charge < -0.3 is 9.80 Å². The van der Waals surface area contributed by atoms with E-state index in [1.807, 2.05) is 60.7 Å². The van der Waals surface area contributed by atoms with Gasteiger partial charge in [-0.25, -0.2) is 0 Å². The fourth-order valence-corrected chi connectivity index (χ4v) is 5.54. The van der Waals surface area contributed by atoms with Crippen molar-refractivity contribution in [1.29, 1.82) is 0 Å². The summed E-state index contributed by atoms with van der Waals surface area (Å²) in [6, 6.07) is 36.6. The zero-order valence-corrected chi connectivity index (χ0v) is 29.3. The molecule has 0 spiro atoms. The van der Waals surface area contributed by atoms with Crippen molar-refractivity contribution in [3.63, 3.8) is 0 Å². The van der Waals surface area contributed by atoms with Gasteiger partial charge in [0.1, 0.15) is 0 Å². The van der Waals surface area contributed by atoms with Crippen LogP contribution < -0.4 is 9.80 Å². The summed E-state index contributed by atoms with van der Waals surface area (Å²) >= 11 is 22.1. The smallest absolute Gasteiger partial charge is 0.0636 e. The maximum Gasteiger partial charge on any atom is 0.0636 e. The van der Waals surface area contributed by atoms with Crippen molar-refractivity contribution in [3.8, 4) is 0 Å². The summed E-state index contributed by atoms with van der Waals surface area (Å²) < 4.78 is 0. The normalized spacial score (nSPS) is 9.95. The molecule has 0 aromatic heterocycles. The average Bonchev–Trinajstić information content (AvgIpc) is 3.06. The molecule has 0 N–H and O–H groups in total. The molecule has 0 saturated carbocycles. The molecule has 0 aliphatic carbocycles. The van der Waals surface area contributed by atoms with Gasteiger partial charge in [0.05, 0.1) is 19.5 Å². The Kier molecular flexibility index (Phi) is 16.0. The van der Waals surface area contributed by atoms with Gasteiger partial charge in [0.25, 0.3) is 0 Å². The molecular weight excluding hydrogens is 647 g/mol. The summed E-state index contributed by atoms with van der Waals surface area (Å²) in [5, 5.41) is 0. The molecule has 0 amide bonds. The molecule has 7 heteroatoms. The Bertz CT molecular complexity index is 1350. The van der Waals surface area contributed by atoms with Gasteiger partial charge in [0.15, 0.2) is 0 Å². The van der Waals surface area contributed by atoms with Crippen molar-refractivity contribution in [1.82, 2.24) is 0 Å². The number of hydrogen-bond acceptors (Lipinski definition) is 6. The van der Waals surface area contributed by atoms with E-state index in [1.54, 1.807) is 0 Å². The Morgan fingerprint density at radius 3 is 0.860 bits per heavy atom. The number of hydrogen-bond donors (Lipinski definition) is 0. The molecular formula is C36H38N2NiS4. The summed E-state index contributed by atoms with van der Waals surface area (Å²) in [6.45, 7) is 12.6.